The van der Waals surface area contributed by atoms with E-state index in [0.717, 1.165) is 12.8 Å². The molecule has 0 bridgehead atoms. The molecule has 1 unspecified atom stereocenters. The van der Waals surface area contributed by atoms with Gasteiger partial charge in [-0.25, -0.2) is 0 Å². The van der Waals surface area contributed by atoms with E-state index < -0.39 is 37.3 Å². The maximum atomic E-state index is 9.80. The van der Waals surface area contributed by atoms with Crippen LogP contribution >= 0.6 is 0 Å². The fourth-order valence-corrected chi connectivity index (χ4v) is 2.64. The Morgan fingerprint density at radius 3 is 2.00 bits per heavy atom. The quantitative estimate of drug-likeness (QED) is 0.423. The van der Waals surface area contributed by atoms with Crippen LogP contribution in [0.2, 0.25) is 0 Å². The molecule has 1 heterocycles. The minimum Gasteiger partial charge on any atom is -0.394 e. The Morgan fingerprint density at radius 2 is 1.41 bits per heavy atom. The van der Waals surface area contributed by atoms with Gasteiger partial charge >= 0.3 is 0 Å². The van der Waals surface area contributed by atoms with Gasteiger partial charge in [-0.1, -0.05) is 51.9 Å². The van der Waals surface area contributed by atoms with Gasteiger partial charge in [0.2, 0.25) is 0 Å². The lowest BCUT2D eigenvalue weighted by Crippen LogP contribution is -2.59. The highest BCUT2D eigenvalue weighted by Gasteiger charge is 2.43. The largest absolute Gasteiger partial charge is 0.394 e. The molecule has 0 spiro atoms. The van der Waals surface area contributed by atoms with Gasteiger partial charge in [-0.15, -0.1) is 0 Å². The second kappa shape index (κ2) is 11.3. The van der Waals surface area contributed by atoms with Crippen LogP contribution in [-0.4, -0.2) is 64.3 Å². The Morgan fingerprint density at radius 1 is 0.818 bits per heavy atom. The zero-order valence-corrected chi connectivity index (χ0v) is 13.6. The summed E-state index contributed by atoms with van der Waals surface area (Å²) in [6.07, 6.45) is 3.58. The predicted molar refractivity (Wildman–Crippen MR) is 82.3 cm³/mol. The number of ether oxygens (including phenoxy) is 2. The summed E-state index contributed by atoms with van der Waals surface area (Å²) in [5, 5.41) is 38.2. The zero-order valence-electron chi connectivity index (χ0n) is 13.6. The molecule has 6 heteroatoms. The molecule has 0 aromatic heterocycles. The van der Waals surface area contributed by atoms with E-state index in [1.165, 1.54) is 38.5 Å². The number of hydrogen-bond acceptors (Lipinski definition) is 6. The highest BCUT2D eigenvalue weighted by Crippen LogP contribution is 2.22. The Labute approximate surface area is 133 Å². The van der Waals surface area contributed by atoms with Gasteiger partial charge in [-0.3, -0.25) is 0 Å². The first-order chi connectivity index (χ1) is 10.6. The summed E-state index contributed by atoms with van der Waals surface area (Å²) in [5.74, 6) is 0. The molecule has 0 aromatic rings. The molecule has 0 radical (unpaired) electrons. The van der Waals surface area contributed by atoms with Crippen LogP contribution in [0.3, 0.4) is 0 Å². The van der Waals surface area contributed by atoms with Crippen molar-refractivity contribution in [3.63, 3.8) is 0 Å². The molecule has 6 nitrogen and oxygen atoms in total. The van der Waals surface area contributed by atoms with Gasteiger partial charge in [0.1, 0.15) is 24.4 Å². The van der Waals surface area contributed by atoms with E-state index in [4.69, 9.17) is 14.6 Å². The maximum absolute atomic E-state index is 9.80. The van der Waals surface area contributed by atoms with Crippen molar-refractivity contribution in [3.05, 3.63) is 0 Å². The summed E-state index contributed by atoms with van der Waals surface area (Å²) >= 11 is 0. The molecular weight excluding hydrogens is 288 g/mol. The highest BCUT2D eigenvalue weighted by atomic mass is 16.7. The van der Waals surface area contributed by atoms with Gasteiger partial charge < -0.3 is 29.9 Å². The summed E-state index contributed by atoms with van der Waals surface area (Å²) in [6.45, 7) is 2.20. The second-order valence-corrected chi connectivity index (χ2v) is 6.04. The van der Waals surface area contributed by atoms with Crippen molar-refractivity contribution in [2.24, 2.45) is 0 Å². The smallest absolute Gasteiger partial charge is 0.186 e. The topological polar surface area (TPSA) is 99.4 Å². The van der Waals surface area contributed by atoms with Crippen LogP contribution in [0, 0.1) is 0 Å². The van der Waals surface area contributed by atoms with E-state index >= 15 is 0 Å². The first kappa shape index (κ1) is 19.8. The van der Waals surface area contributed by atoms with Crippen LogP contribution in [0.15, 0.2) is 0 Å². The predicted octanol–water partition coefficient (Wildman–Crippen LogP) is 0.944. The molecule has 0 aliphatic carbocycles. The molecule has 0 saturated carbocycles. The summed E-state index contributed by atoms with van der Waals surface area (Å²) in [6, 6.07) is 0. The van der Waals surface area contributed by atoms with E-state index in [1.54, 1.807) is 0 Å². The number of hydrogen-bond donors (Lipinski definition) is 4. The van der Waals surface area contributed by atoms with E-state index in [0.29, 0.717) is 6.61 Å². The van der Waals surface area contributed by atoms with E-state index in [2.05, 4.69) is 6.92 Å². The van der Waals surface area contributed by atoms with Crippen molar-refractivity contribution in [3.8, 4) is 0 Å². The Bertz CT molecular complexity index is 273. The SMILES string of the molecule is CCCCCCCCCCOC1O[C@H](CO)[C@@H](O)[C@H](O)[C@@H]1O. The fraction of sp³-hybridized carbons (Fsp3) is 1.00. The summed E-state index contributed by atoms with van der Waals surface area (Å²) in [5.41, 5.74) is 0. The van der Waals surface area contributed by atoms with Crippen molar-refractivity contribution in [1.29, 1.82) is 0 Å². The van der Waals surface area contributed by atoms with E-state index in [1.807, 2.05) is 0 Å². The third-order valence-corrected chi connectivity index (χ3v) is 4.13. The highest BCUT2D eigenvalue weighted by molar-refractivity contribution is 4.88. The lowest BCUT2D eigenvalue weighted by Gasteiger charge is -2.39. The average molecular weight is 320 g/mol. The molecule has 1 saturated heterocycles. The minimum absolute atomic E-state index is 0.428. The first-order valence-electron chi connectivity index (χ1n) is 8.54. The lowest BCUT2D eigenvalue weighted by atomic mass is 9.99. The van der Waals surface area contributed by atoms with Crippen LogP contribution in [0.4, 0.5) is 0 Å². The van der Waals surface area contributed by atoms with Crippen molar-refractivity contribution >= 4 is 0 Å². The summed E-state index contributed by atoms with van der Waals surface area (Å²) in [4.78, 5) is 0. The number of unbranched alkanes of at least 4 members (excludes halogenated alkanes) is 7. The van der Waals surface area contributed by atoms with Crippen LogP contribution in [0.5, 0.6) is 0 Å². The zero-order chi connectivity index (χ0) is 16.4. The van der Waals surface area contributed by atoms with E-state index in [9.17, 15) is 15.3 Å². The van der Waals surface area contributed by atoms with Crippen LogP contribution in [0.25, 0.3) is 0 Å². The average Bonchev–Trinajstić information content (AvgIpc) is 2.53. The van der Waals surface area contributed by atoms with Gasteiger partial charge in [0.05, 0.1) is 6.61 Å². The van der Waals surface area contributed by atoms with Crippen molar-refractivity contribution in [2.45, 2.75) is 89.0 Å². The Balaban J connectivity index is 2.11. The summed E-state index contributed by atoms with van der Waals surface area (Å²) < 4.78 is 10.7. The lowest BCUT2D eigenvalue weighted by molar-refractivity contribution is -0.301. The van der Waals surface area contributed by atoms with Crippen LogP contribution in [0.1, 0.15) is 58.3 Å². The van der Waals surface area contributed by atoms with Crippen LogP contribution in [-0.2, 0) is 9.47 Å². The monoisotopic (exact) mass is 320 g/mol. The molecule has 22 heavy (non-hydrogen) atoms. The standard InChI is InChI=1S/C16H32O6/c1-2-3-4-5-6-7-8-9-10-21-16-15(20)14(19)13(18)12(11-17)22-16/h12-20H,2-11H2,1H3/t12-,13-,14+,15+,16?/m1/s1. The van der Waals surface area contributed by atoms with Crippen molar-refractivity contribution in [1.82, 2.24) is 0 Å². The van der Waals surface area contributed by atoms with Crippen LogP contribution < -0.4 is 0 Å². The first-order valence-corrected chi connectivity index (χ1v) is 8.54. The normalized spacial score (nSPS) is 32.3. The number of aliphatic hydroxyl groups is 4. The molecule has 5 atom stereocenters. The van der Waals surface area contributed by atoms with Gasteiger partial charge in [0, 0.05) is 6.61 Å². The van der Waals surface area contributed by atoms with Gasteiger partial charge in [0.15, 0.2) is 6.29 Å². The van der Waals surface area contributed by atoms with Crippen molar-refractivity contribution in [2.75, 3.05) is 13.2 Å². The molecule has 1 fully saturated rings. The maximum Gasteiger partial charge on any atom is 0.186 e. The molecule has 1 aliphatic rings. The molecule has 4 N–H and O–H groups in total. The molecule has 0 aromatic carbocycles. The molecule has 1 rings (SSSR count). The number of rotatable bonds is 11. The molecule has 1 aliphatic heterocycles. The fourth-order valence-electron chi connectivity index (χ4n) is 2.64. The molecule has 0 amide bonds. The van der Waals surface area contributed by atoms with Gasteiger partial charge in [-0.05, 0) is 6.42 Å². The number of aliphatic hydroxyl groups excluding tert-OH is 4. The minimum atomic E-state index is -1.37. The van der Waals surface area contributed by atoms with Gasteiger partial charge in [-0.2, -0.15) is 0 Å². The Hall–Kier alpha value is -0.240. The third-order valence-electron chi connectivity index (χ3n) is 4.13. The van der Waals surface area contributed by atoms with Crippen molar-refractivity contribution < 1.29 is 29.9 Å². The second-order valence-electron chi connectivity index (χ2n) is 6.04. The van der Waals surface area contributed by atoms with E-state index in [-0.39, 0.29) is 0 Å². The Kier molecular flexibility index (Phi) is 10.2. The van der Waals surface area contributed by atoms with Gasteiger partial charge in [0.25, 0.3) is 0 Å². The molecule has 132 valence electrons. The third kappa shape index (κ3) is 6.48. The molecular formula is C16H32O6. The summed E-state index contributed by atoms with van der Waals surface area (Å²) in [7, 11) is 0.